The van der Waals surface area contributed by atoms with Crippen LogP contribution >= 0.6 is 0 Å². The van der Waals surface area contributed by atoms with E-state index in [0.717, 1.165) is 12.1 Å². The van der Waals surface area contributed by atoms with Gasteiger partial charge in [-0.15, -0.1) is 0 Å². The summed E-state index contributed by atoms with van der Waals surface area (Å²) in [4.78, 5) is 13.5. The van der Waals surface area contributed by atoms with Crippen LogP contribution < -0.4 is 0 Å². The van der Waals surface area contributed by atoms with Gasteiger partial charge in [-0.3, -0.25) is 0 Å². The topological polar surface area (TPSA) is 55.3 Å². The number of alkyl halides is 3. The summed E-state index contributed by atoms with van der Waals surface area (Å²) in [6, 6.07) is 7.67. The van der Waals surface area contributed by atoms with Gasteiger partial charge in [-0.25, -0.2) is 4.79 Å². The summed E-state index contributed by atoms with van der Waals surface area (Å²) in [6.07, 6.45) is -4.86. The number of rotatable bonds is 3. The molecule has 0 unspecified atom stereocenters. The van der Waals surface area contributed by atoms with Gasteiger partial charge in [-0.1, -0.05) is 12.1 Å². The van der Waals surface area contributed by atoms with Crippen LogP contribution in [0.1, 0.15) is 45.0 Å². The molecule has 1 atom stereocenters. The lowest BCUT2D eigenvalue weighted by molar-refractivity contribution is -0.137. The highest BCUT2D eigenvalue weighted by Crippen LogP contribution is 2.30. The molecule has 0 aliphatic rings. The molecular formula is C19H22F3N3O2. The van der Waals surface area contributed by atoms with Crippen molar-refractivity contribution in [1.82, 2.24) is 15.1 Å². The fourth-order valence-corrected chi connectivity index (χ4v) is 2.24. The summed E-state index contributed by atoms with van der Waals surface area (Å²) in [5.74, 6) is 0. The molecule has 27 heavy (non-hydrogen) atoms. The number of carbonyl (C=O) groups is 1. The van der Waals surface area contributed by atoms with E-state index in [0.29, 0.717) is 17.0 Å². The lowest BCUT2D eigenvalue weighted by atomic mass is 10.1. The highest BCUT2D eigenvalue weighted by molar-refractivity contribution is 5.68. The molecule has 8 heteroatoms. The largest absolute Gasteiger partial charge is 0.444 e. The molecule has 1 aromatic heterocycles. The van der Waals surface area contributed by atoms with E-state index in [-0.39, 0.29) is 6.04 Å². The van der Waals surface area contributed by atoms with Crippen molar-refractivity contribution in [3.05, 3.63) is 47.7 Å². The average Bonchev–Trinajstić information content (AvgIpc) is 2.58. The number of amides is 1. The molecule has 5 nitrogen and oxygen atoms in total. The molecule has 146 valence electrons. The highest BCUT2D eigenvalue weighted by atomic mass is 19.4. The molecule has 0 radical (unpaired) electrons. The van der Waals surface area contributed by atoms with Crippen LogP contribution in [0.5, 0.6) is 0 Å². The van der Waals surface area contributed by atoms with Crippen LogP contribution in [0, 0.1) is 0 Å². The Balaban J connectivity index is 2.13. The Morgan fingerprint density at radius 1 is 1.04 bits per heavy atom. The Bertz CT molecular complexity index is 782. The Labute approximate surface area is 156 Å². The molecule has 2 rings (SSSR count). The highest BCUT2D eigenvalue weighted by Gasteiger charge is 2.30. The van der Waals surface area contributed by atoms with Crippen molar-refractivity contribution in [1.29, 1.82) is 0 Å². The molecule has 0 bridgehead atoms. The smallest absolute Gasteiger partial charge is 0.416 e. The molecular weight excluding hydrogens is 359 g/mol. The number of halogens is 3. The van der Waals surface area contributed by atoms with Crippen molar-refractivity contribution >= 4 is 6.09 Å². The van der Waals surface area contributed by atoms with Gasteiger partial charge in [0.25, 0.3) is 0 Å². The molecule has 1 heterocycles. The minimum absolute atomic E-state index is 0.381. The van der Waals surface area contributed by atoms with E-state index in [1.54, 1.807) is 46.9 Å². The summed E-state index contributed by atoms with van der Waals surface area (Å²) in [5, 5.41) is 8.17. The van der Waals surface area contributed by atoms with E-state index in [1.807, 2.05) is 0 Å². The molecule has 0 spiro atoms. The summed E-state index contributed by atoms with van der Waals surface area (Å²) in [7, 11) is 1.60. The molecule has 0 saturated carbocycles. The van der Waals surface area contributed by atoms with Crippen molar-refractivity contribution < 1.29 is 22.7 Å². The van der Waals surface area contributed by atoms with Crippen LogP contribution in [0.25, 0.3) is 11.3 Å². The maximum Gasteiger partial charge on any atom is 0.416 e. The monoisotopic (exact) mass is 381 g/mol. The normalized spacial score (nSPS) is 13.2. The first-order chi connectivity index (χ1) is 12.4. The predicted molar refractivity (Wildman–Crippen MR) is 94.9 cm³/mol. The first-order valence-corrected chi connectivity index (χ1v) is 8.35. The van der Waals surface area contributed by atoms with Crippen LogP contribution in [0.2, 0.25) is 0 Å². The fourth-order valence-electron chi connectivity index (χ4n) is 2.24. The van der Waals surface area contributed by atoms with Crippen molar-refractivity contribution in [2.24, 2.45) is 0 Å². The molecule has 0 aliphatic carbocycles. The molecule has 0 saturated heterocycles. The van der Waals surface area contributed by atoms with Gasteiger partial charge >= 0.3 is 12.3 Å². The van der Waals surface area contributed by atoms with Crippen LogP contribution in [0.15, 0.2) is 36.4 Å². The zero-order valence-corrected chi connectivity index (χ0v) is 15.8. The predicted octanol–water partition coefficient (Wildman–Crippen LogP) is 5.09. The molecule has 1 aromatic carbocycles. The third kappa shape index (κ3) is 5.42. The van der Waals surface area contributed by atoms with E-state index in [1.165, 1.54) is 17.0 Å². The van der Waals surface area contributed by atoms with Crippen LogP contribution in [0.3, 0.4) is 0 Å². The quantitative estimate of drug-likeness (QED) is 0.743. The number of aromatic nitrogens is 2. The summed E-state index contributed by atoms with van der Waals surface area (Å²) in [5.41, 5.74) is 0.181. The zero-order valence-electron chi connectivity index (χ0n) is 15.8. The third-order valence-corrected chi connectivity index (χ3v) is 3.88. The summed E-state index contributed by atoms with van der Waals surface area (Å²) >= 11 is 0. The van der Waals surface area contributed by atoms with Crippen LogP contribution in [0.4, 0.5) is 18.0 Å². The second-order valence-corrected chi connectivity index (χ2v) is 7.19. The third-order valence-electron chi connectivity index (χ3n) is 3.88. The van der Waals surface area contributed by atoms with Gasteiger partial charge in [-0.2, -0.15) is 23.4 Å². The van der Waals surface area contributed by atoms with Gasteiger partial charge < -0.3 is 9.64 Å². The zero-order chi connectivity index (χ0) is 20.4. The van der Waals surface area contributed by atoms with E-state index in [2.05, 4.69) is 10.2 Å². The Morgan fingerprint density at radius 2 is 1.63 bits per heavy atom. The summed E-state index contributed by atoms with van der Waals surface area (Å²) in [6.45, 7) is 7.12. The minimum Gasteiger partial charge on any atom is -0.444 e. The first kappa shape index (κ1) is 20.7. The molecule has 2 aromatic rings. The Kier molecular flexibility index (Phi) is 5.77. The molecule has 0 fully saturated rings. The van der Waals surface area contributed by atoms with E-state index >= 15 is 0 Å². The number of nitrogens with zero attached hydrogens (tertiary/aromatic N) is 3. The van der Waals surface area contributed by atoms with Gasteiger partial charge in [0, 0.05) is 12.6 Å². The molecule has 0 aliphatic heterocycles. The van der Waals surface area contributed by atoms with Gasteiger partial charge in [0.05, 0.1) is 23.0 Å². The molecule has 0 N–H and O–H groups in total. The van der Waals surface area contributed by atoms with Crippen molar-refractivity contribution in [2.75, 3.05) is 7.05 Å². The van der Waals surface area contributed by atoms with Crippen molar-refractivity contribution in [2.45, 2.75) is 45.5 Å². The lowest BCUT2D eigenvalue weighted by Crippen LogP contribution is -2.36. The van der Waals surface area contributed by atoms with E-state index < -0.39 is 23.4 Å². The second-order valence-electron chi connectivity index (χ2n) is 7.19. The molecule has 1 amide bonds. The Hall–Kier alpha value is -2.64. The maximum atomic E-state index is 12.6. The van der Waals surface area contributed by atoms with Gasteiger partial charge in [0.1, 0.15) is 5.60 Å². The average molecular weight is 381 g/mol. The fraction of sp³-hybridized carbons (Fsp3) is 0.421. The summed E-state index contributed by atoms with van der Waals surface area (Å²) < 4.78 is 43.2. The number of hydrogen-bond donors (Lipinski definition) is 0. The van der Waals surface area contributed by atoms with E-state index in [4.69, 9.17) is 4.74 Å². The van der Waals surface area contributed by atoms with Crippen molar-refractivity contribution in [3.63, 3.8) is 0 Å². The van der Waals surface area contributed by atoms with Gasteiger partial charge in [-0.05, 0) is 52.0 Å². The number of benzene rings is 1. The standard InChI is InChI=1S/C19H22F3N3O2/c1-12(25(5)17(26)27-18(2,3)4)15-10-11-16(24-23-15)13-6-8-14(9-7-13)19(20,21)22/h6-12H,1-5H3/t12-/m1/s1. The van der Waals surface area contributed by atoms with Crippen LogP contribution in [-0.2, 0) is 10.9 Å². The van der Waals surface area contributed by atoms with Gasteiger partial charge in [0.2, 0.25) is 0 Å². The first-order valence-electron chi connectivity index (χ1n) is 8.35. The SMILES string of the molecule is C[C@H](c1ccc(-c2ccc(C(F)(F)F)cc2)nn1)N(C)C(=O)OC(C)(C)C. The number of ether oxygens (including phenoxy) is 1. The van der Waals surface area contributed by atoms with Crippen LogP contribution in [-0.4, -0.2) is 33.8 Å². The number of carbonyl (C=O) groups excluding carboxylic acids is 1. The minimum atomic E-state index is -4.38. The van der Waals surface area contributed by atoms with Gasteiger partial charge in [0.15, 0.2) is 0 Å². The van der Waals surface area contributed by atoms with E-state index in [9.17, 15) is 18.0 Å². The number of hydrogen-bond acceptors (Lipinski definition) is 4. The Morgan fingerprint density at radius 3 is 2.07 bits per heavy atom. The second kappa shape index (κ2) is 7.54. The van der Waals surface area contributed by atoms with Crippen molar-refractivity contribution in [3.8, 4) is 11.3 Å². The maximum absolute atomic E-state index is 12.6. The lowest BCUT2D eigenvalue weighted by Gasteiger charge is -2.28.